The molecule has 1 atom stereocenters. The van der Waals surface area contributed by atoms with Crippen LogP contribution in [0.2, 0.25) is 0 Å². The molecule has 13 heavy (non-hydrogen) atoms. The minimum absolute atomic E-state index is 0.0757. The van der Waals surface area contributed by atoms with E-state index in [9.17, 15) is 0 Å². The van der Waals surface area contributed by atoms with Crippen LogP contribution >= 0.6 is 0 Å². The zero-order valence-electron chi connectivity index (χ0n) is 7.71. The Balaban J connectivity index is 2.35. The van der Waals surface area contributed by atoms with Gasteiger partial charge in [-0.2, -0.15) is 0 Å². The maximum Gasteiger partial charge on any atom is 0.142 e. The number of hydrogen-bond donors (Lipinski definition) is 2. The van der Waals surface area contributed by atoms with Gasteiger partial charge in [0.1, 0.15) is 12.4 Å². The Hall–Kier alpha value is -1.22. The lowest BCUT2D eigenvalue weighted by Crippen LogP contribution is -2.32. The summed E-state index contributed by atoms with van der Waals surface area (Å²) in [6.07, 6.45) is 0. The lowest BCUT2D eigenvalue weighted by Gasteiger charge is -2.09. The fraction of sp³-hybridized carbons (Fsp3) is 0.400. The SMILES string of the molecule is Cc1cccc2c1NC[C@@H](N)CO2. The smallest absolute Gasteiger partial charge is 0.142 e. The molecule has 0 radical (unpaired) electrons. The third-order valence-corrected chi connectivity index (χ3v) is 2.23. The second-order valence-electron chi connectivity index (χ2n) is 3.40. The Kier molecular flexibility index (Phi) is 2.10. The van der Waals surface area contributed by atoms with E-state index in [0.29, 0.717) is 6.61 Å². The van der Waals surface area contributed by atoms with Gasteiger partial charge in [0, 0.05) is 6.54 Å². The quantitative estimate of drug-likeness (QED) is 0.626. The molecule has 3 heteroatoms. The van der Waals surface area contributed by atoms with E-state index in [1.165, 1.54) is 5.56 Å². The molecule has 1 aromatic rings. The zero-order chi connectivity index (χ0) is 9.26. The molecule has 1 heterocycles. The molecule has 0 bridgehead atoms. The minimum Gasteiger partial charge on any atom is -0.490 e. The highest BCUT2D eigenvalue weighted by Gasteiger charge is 2.13. The Labute approximate surface area is 77.9 Å². The van der Waals surface area contributed by atoms with Crippen molar-refractivity contribution in [3.8, 4) is 5.75 Å². The van der Waals surface area contributed by atoms with E-state index in [0.717, 1.165) is 18.0 Å². The molecule has 1 aromatic carbocycles. The maximum absolute atomic E-state index is 5.78. The van der Waals surface area contributed by atoms with Crippen LogP contribution in [0.1, 0.15) is 5.56 Å². The van der Waals surface area contributed by atoms with E-state index in [1.54, 1.807) is 0 Å². The zero-order valence-corrected chi connectivity index (χ0v) is 7.71. The number of aryl methyl sites for hydroxylation is 1. The number of ether oxygens (including phenoxy) is 1. The third kappa shape index (κ3) is 1.60. The van der Waals surface area contributed by atoms with Crippen LogP contribution in [0.4, 0.5) is 5.69 Å². The van der Waals surface area contributed by atoms with Crippen LogP contribution in [0.3, 0.4) is 0 Å². The summed E-state index contributed by atoms with van der Waals surface area (Å²) in [7, 11) is 0. The van der Waals surface area contributed by atoms with Gasteiger partial charge in [0.25, 0.3) is 0 Å². The van der Waals surface area contributed by atoms with Crippen LogP contribution in [0.5, 0.6) is 5.75 Å². The normalized spacial score (nSPS) is 20.9. The highest BCUT2D eigenvalue weighted by Crippen LogP contribution is 2.29. The highest BCUT2D eigenvalue weighted by molar-refractivity contribution is 5.62. The summed E-state index contributed by atoms with van der Waals surface area (Å²) in [6.45, 7) is 3.42. The Bertz CT molecular complexity index is 312. The van der Waals surface area contributed by atoms with Gasteiger partial charge in [-0.05, 0) is 18.6 Å². The highest BCUT2D eigenvalue weighted by atomic mass is 16.5. The van der Waals surface area contributed by atoms with Crippen molar-refractivity contribution >= 4 is 5.69 Å². The molecule has 3 nitrogen and oxygen atoms in total. The molecule has 1 aliphatic heterocycles. The molecular formula is C10H14N2O. The number of benzene rings is 1. The first-order valence-electron chi connectivity index (χ1n) is 4.49. The van der Waals surface area contributed by atoms with Crippen LogP contribution in [-0.4, -0.2) is 19.2 Å². The second-order valence-corrected chi connectivity index (χ2v) is 3.40. The molecule has 0 saturated heterocycles. The lowest BCUT2D eigenvalue weighted by molar-refractivity contribution is 0.301. The summed E-state index contributed by atoms with van der Waals surface area (Å²) >= 11 is 0. The standard InChI is InChI=1S/C10H14N2O/c1-7-3-2-4-9-10(7)12-5-8(11)6-13-9/h2-4,8,12H,5-6,11H2,1H3/t8-/m1/s1. The molecule has 0 aromatic heterocycles. The van der Waals surface area contributed by atoms with Gasteiger partial charge < -0.3 is 15.8 Å². The summed E-state index contributed by atoms with van der Waals surface area (Å²) in [5.74, 6) is 0.910. The van der Waals surface area contributed by atoms with E-state index in [1.807, 2.05) is 12.1 Å². The predicted molar refractivity (Wildman–Crippen MR) is 53.1 cm³/mol. The van der Waals surface area contributed by atoms with Crippen molar-refractivity contribution in [1.29, 1.82) is 0 Å². The largest absolute Gasteiger partial charge is 0.490 e. The maximum atomic E-state index is 5.78. The number of fused-ring (bicyclic) bond motifs is 1. The number of rotatable bonds is 0. The van der Waals surface area contributed by atoms with E-state index >= 15 is 0 Å². The molecule has 1 aliphatic rings. The Morgan fingerprint density at radius 2 is 2.38 bits per heavy atom. The number of para-hydroxylation sites is 1. The first-order chi connectivity index (χ1) is 6.27. The van der Waals surface area contributed by atoms with E-state index in [4.69, 9.17) is 10.5 Å². The molecule has 3 N–H and O–H groups in total. The molecule has 2 rings (SSSR count). The Morgan fingerprint density at radius 1 is 1.54 bits per heavy atom. The van der Waals surface area contributed by atoms with Gasteiger partial charge in [0.05, 0.1) is 11.7 Å². The van der Waals surface area contributed by atoms with Crippen LogP contribution in [0.15, 0.2) is 18.2 Å². The van der Waals surface area contributed by atoms with Crippen molar-refractivity contribution in [2.24, 2.45) is 5.73 Å². The minimum atomic E-state index is 0.0757. The summed E-state index contributed by atoms with van der Waals surface area (Å²) in [5.41, 5.74) is 8.06. The fourth-order valence-electron chi connectivity index (χ4n) is 1.48. The molecule has 0 aliphatic carbocycles. The summed E-state index contributed by atoms with van der Waals surface area (Å²) in [4.78, 5) is 0. The molecule has 0 fully saturated rings. The van der Waals surface area contributed by atoms with Gasteiger partial charge in [0.15, 0.2) is 0 Å². The van der Waals surface area contributed by atoms with Crippen LogP contribution < -0.4 is 15.8 Å². The van der Waals surface area contributed by atoms with Gasteiger partial charge in [0.2, 0.25) is 0 Å². The van der Waals surface area contributed by atoms with Crippen molar-refractivity contribution in [3.63, 3.8) is 0 Å². The van der Waals surface area contributed by atoms with E-state index in [-0.39, 0.29) is 6.04 Å². The van der Waals surface area contributed by atoms with Gasteiger partial charge in [-0.25, -0.2) is 0 Å². The summed E-state index contributed by atoms with van der Waals surface area (Å²) in [5, 5.41) is 3.29. The van der Waals surface area contributed by atoms with Gasteiger partial charge in [-0.1, -0.05) is 12.1 Å². The number of anilines is 1. The van der Waals surface area contributed by atoms with E-state index < -0.39 is 0 Å². The van der Waals surface area contributed by atoms with Crippen molar-refractivity contribution in [2.45, 2.75) is 13.0 Å². The topological polar surface area (TPSA) is 47.3 Å². The van der Waals surface area contributed by atoms with Gasteiger partial charge in [-0.15, -0.1) is 0 Å². The average Bonchev–Trinajstić information content (AvgIpc) is 2.30. The fourth-order valence-corrected chi connectivity index (χ4v) is 1.48. The molecule has 0 unspecified atom stereocenters. The van der Waals surface area contributed by atoms with Crippen LogP contribution in [0.25, 0.3) is 0 Å². The molecule has 0 saturated carbocycles. The van der Waals surface area contributed by atoms with Gasteiger partial charge >= 0.3 is 0 Å². The monoisotopic (exact) mass is 178 g/mol. The van der Waals surface area contributed by atoms with Crippen molar-refractivity contribution in [1.82, 2.24) is 0 Å². The Morgan fingerprint density at radius 3 is 3.23 bits per heavy atom. The van der Waals surface area contributed by atoms with Crippen molar-refractivity contribution < 1.29 is 4.74 Å². The summed E-state index contributed by atoms with van der Waals surface area (Å²) in [6, 6.07) is 6.10. The molecule has 0 amide bonds. The predicted octanol–water partition coefficient (Wildman–Crippen LogP) is 1.13. The number of nitrogens with one attached hydrogen (secondary N) is 1. The molecule has 70 valence electrons. The number of hydrogen-bond acceptors (Lipinski definition) is 3. The second kappa shape index (κ2) is 3.26. The third-order valence-electron chi connectivity index (χ3n) is 2.23. The number of nitrogens with two attached hydrogens (primary N) is 1. The van der Waals surface area contributed by atoms with Crippen molar-refractivity contribution in [2.75, 3.05) is 18.5 Å². The first kappa shape index (κ1) is 8.38. The van der Waals surface area contributed by atoms with Crippen LogP contribution in [0, 0.1) is 6.92 Å². The molecular weight excluding hydrogens is 164 g/mol. The summed E-state index contributed by atoms with van der Waals surface area (Å²) < 4.78 is 5.55. The molecule has 0 spiro atoms. The first-order valence-corrected chi connectivity index (χ1v) is 4.49. The average molecular weight is 178 g/mol. The van der Waals surface area contributed by atoms with Crippen molar-refractivity contribution in [3.05, 3.63) is 23.8 Å². The van der Waals surface area contributed by atoms with Gasteiger partial charge in [-0.3, -0.25) is 0 Å². The van der Waals surface area contributed by atoms with E-state index in [2.05, 4.69) is 18.3 Å². The lowest BCUT2D eigenvalue weighted by atomic mass is 10.2. The van der Waals surface area contributed by atoms with Crippen LogP contribution in [-0.2, 0) is 0 Å².